The van der Waals surface area contributed by atoms with Crippen LogP contribution in [0.4, 0.5) is 5.69 Å². The summed E-state index contributed by atoms with van der Waals surface area (Å²) in [6.07, 6.45) is 0. The minimum absolute atomic E-state index is 0.121. The molecule has 0 aliphatic rings. The lowest BCUT2D eigenvalue weighted by atomic mass is 10.2. The van der Waals surface area contributed by atoms with E-state index in [0.29, 0.717) is 5.69 Å². The standard InChI is InChI=1S/C12H11NO3S/c13-8-3-4-10(11(14)6-8)12(15)16-7-9-2-1-5-17-9/h1-6,14H,7,13H2. The Bertz CT molecular complexity index is 523. The summed E-state index contributed by atoms with van der Waals surface area (Å²) >= 11 is 1.51. The van der Waals surface area contributed by atoms with Gasteiger partial charge in [0, 0.05) is 16.6 Å². The smallest absolute Gasteiger partial charge is 0.342 e. The van der Waals surface area contributed by atoms with Crippen LogP contribution in [0.15, 0.2) is 35.7 Å². The number of carbonyl (C=O) groups excluding carboxylic acids is 1. The van der Waals surface area contributed by atoms with Gasteiger partial charge in [-0.3, -0.25) is 0 Å². The normalized spacial score (nSPS) is 10.1. The van der Waals surface area contributed by atoms with E-state index in [-0.39, 0.29) is 17.9 Å². The van der Waals surface area contributed by atoms with Gasteiger partial charge in [-0.25, -0.2) is 4.79 Å². The van der Waals surface area contributed by atoms with Gasteiger partial charge in [-0.15, -0.1) is 11.3 Å². The Hall–Kier alpha value is -2.01. The number of hydrogen-bond donors (Lipinski definition) is 2. The van der Waals surface area contributed by atoms with E-state index in [1.807, 2.05) is 17.5 Å². The van der Waals surface area contributed by atoms with Gasteiger partial charge in [-0.2, -0.15) is 0 Å². The second-order valence-corrected chi connectivity index (χ2v) is 4.46. The van der Waals surface area contributed by atoms with Crippen molar-refractivity contribution < 1.29 is 14.6 Å². The number of nitrogen functional groups attached to an aromatic ring is 1. The molecule has 0 fully saturated rings. The van der Waals surface area contributed by atoms with E-state index in [9.17, 15) is 9.90 Å². The van der Waals surface area contributed by atoms with Gasteiger partial charge < -0.3 is 15.6 Å². The van der Waals surface area contributed by atoms with Crippen molar-refractivity contribution in [3.8, 4) is 5.75 Å². The van der Waals surface area contributed by atoms with Crippen molar-refractivity contribution in [2.75, 3.05) is 5.73 Å². The summed E-state index contributed by atoms with van der Waals surface area (Å²) in [6, 6.07) is 8.07. The summed E-state index contributed by atoms with van der Waals surface area (Å²) in [6.45, 7) is 0.209. The van der Waals surface area contributed by atoms with E-state index in [2.05, 4.69) is 0 Å². The first-order valence-corrected chi connectivity index (χ1v) is 5.83. The Labute approximate surface area is 102 Å². The first-order valence-electron chi connectivity index (χ1n) is 4.95. The van der Waals surface area contributed by atoms with E-state index >= 15 is 0 Å². The topological polar surface area (TPSA) is 72.6 Å². The van der Waals surface area contributed by atoms with Crippen molar-refractivity contribution in [1.82, 2.24) is 0 Å². The summed E-state index contributed by atoms with van der Waals surface area (Å²) in [7, 11) is 0. The van der Waals surface area contributed by atoms with Gasteiger partial charge >= 0.3 is 5.97 Å². The highest BCUT2D eigenvalue weighted by molar-refractivity contribution is 7.09. The molecule has 2 aromatic rings. The summed E-state index contributed by atoms with van der Waals surface area (Å²) < 4.78 is 5.06. The molecule has 0 saturated carbocycles. The fourth-order valence-corrected chi connectivity index (χ4v) is 1.95. The molecule has 88 valence electrons. The molecule has 17 heavy (non-hydrogen) atoms. The predicted molar refractivity (Wildman–Crippen MR) is 66.0 cm³/mol. The number of ether oxygens (including phenoxy) is 1. The van der Waals surface area contributed by atoms with Crippen LogP contribution < -0.4 is 5.73 Å². The van der Waals surface area contributed by atoms with Crippen LogP contribution in [-0.2, 0) is 11.3 Å². The molecule has 0 atom stereocenters. The SMILES string of the molecule is Nc1ccc(C(=O)OCc2cccs2)c(O)c1. The molecule has 3 N–H and O–H groups in total. The molecule has 0 amide bonds. The van der Waals surface area contributed by atoms with Crippen LogP contribution >= 0.6 is 11.3 Å². The van der Waals surface area contributed by atoms with Gasteiger partial charge in [-0.05, 0) is 23.6 Å². The fourth-order valence-electron chi connectivity index (χ4n) is 1.33. The van der Waals surface area contributed by atoms with Gasteiger partial charge in [0.25, 0.3) is 0 Å². The zero-order valence-corrected chi connectivity index (χ0v) is 9.74. The number of phenolic OH excluding ortho intramolecular Hbond substituents is 1. The molecule has 2 rings (SSSR count). The van der Waals surface area contributed by atoms with E-state index in [1.165, 1.54) is 23.5 Å². The zero-order valence-electron chi connectivity index (χ0n) is 8.92. The highest BCUT2D eigenvalue weighted by Crippen LogP contribution is 2.21. The van der Waals surface area contributed by atoms with E-state index in [4.69, 9.17) is 10.5 Å². The minimum atomic E-state index is -0.559. The number of aromatic hydroxyl groups is 1. The van der Waals surface area contributed by atoms with Crippen LogP contribution in [0, 0.1) is 0 Å². The number of anilines is 1. The van der Waals surface area contributed by atoms with Crippen LogP contribution in [0.1, 0.15) is 15.2 Å². The van der Waals surface area contributed by atoms with Gasteiger partial charge in [0.15, 0.2) is 0 Å². The lowest BCUT2D eigenvalue weighted by Crippen LogP contribution is -2.05. The van der Waals surface area contributed by atoms with Gasteiger partial charge in [-0.1, -0.05) is 6.07 Å². The summed E-state index contributed by atoms with van der Waals surface area (Å²) in [4.78, 5) is 12.6. The van der Waals surface area contributed by atoms with Crippen molar-refractivity contribution in [2.45, 2.75) is 6.61 Å². The number of benzene rings is 1. The van der Waals surface area contributed by atoms with Crippen LogP contribution in [-0.4, -0.2) is 11.1 Å². The molecule has 1 aromatic carbocycles. The maximum absolute atomic E-state index is 11.7. The molecule has 1 aromatic heterocycles. The van der Waals surface area contributed by atoms with E-state index < -0.39 is 5.97 Å². The summed E-state index contributed by atoms with van der Waals surface area (Å²) in [5.74, 6) is -0.725. The quantitative estimate of drug-likeness (QED) is 0.647. The fraction of sp³-hybridized carbons (Fsp3) is 0.0833. The first kappa shape index (κ1) is 11.5. The Kier molecular flexibility index (Phi) is 3.30. The second kappa shape index (κ2) is 4.88. The van der Waals surface area contributed by atoms with E-state index in [1.54, 1.807) is 6.07 Å². The van der Waals surface area contributed by atoms with Crippen LogP contribution in [0.3, 0.4) is 0 Å². The summed E-state index contributed by atoms with van der Waals surface area (Å²) in [5, 5.41) is 11.4. The third-order valence-corrected chi connectivity index (χ3v) is 3.02. The monoisotopic (exact) mass is 249 g/mol. The first-order chi connectivity index (χ1) is 8.16. The average molecular weight is 249 g/mol. The Balaban J connectivity index is 2.04. The largest absolute Gasteiger partial charge is 0.507 e. The number of thiophene rings is 1. The molecule has 0 saturated heterocycles. The molecule has 4 nitrogen and oxygen atoms in total. The van der Waals surface area contributed by atoms with E-state index in [0.717, 1.165) is 4.88 Å². The lowest BCUT2D eigenvalue weighted by Gasteiger charge is -2.05. The summed E-state index contributed by atoms with van der Waals surface area (Å²) in [5.41, 5.74) is 5.99. The molecule has 0 unspecified atom stereocenters. The van der Waals surface area contributed by atoms with Crippen molar-refractivity contribution >= 4 is 23.0 Å². The molecular formula is C12H11NO3S. The Morgan fingerprint density at radius 3 is 2.88 bits per heavy atom. The number of carbonyl (C=O) groups is 1. The highest BCUT2D eigenvalue weighted by Gasteiger charge is 2.12. The number of rotatable bonds is 3. The van der Waals surface area contributed by atoms with Crippen molar-refractivity contribution in [3.05, 3.63) is 46.2 Å². The van der Waals surface area contributed by atoms with Crippen molar-refractivity contribution in [1.29, 1.82) is 0 Å². The Morgan fingerprint density at radius 2 is 2.24 bits per heavy atom. The molecule has 5 heteroatoms. The second-order valence-electron chi connectivity index (χ2n) is 3.43. The lowest BCUT2D eigenvalue weighted by molar-refractivity contribution is 0.0473. The van der Waals surface area contributed by atoms with Crippen LogP contribution in [0.25, 0.3) is 0 Å². The highest BCUT2D eigenvalue weighted by atomic mass is 32.1. The number of nitrogens with two attached hydrogens (primary N) is 1. The van der Waals surface area contributed by atoms with Crippen molar-refractivity contribution in [3.63, 3.8) is 0 Å². The van der Waals surface area contributed by atoms with Gasteiger partial charge in [0.1, 0.15) is 17.9 Å². The number of esters is 1. The third kappa shape index (κ3) is 2.76. The molecule has 1 heterocycles. The van der Waals surface area contributed by atoms with Gasteiger partial charge in [0.2, 0.25) is 0 Å². The molecule has 0 aliphatic carbocycles. The third-order valence-electron chi connectivity index (χ3n) is 2.17. The minimum Gasteiger partial charge on any atom is -0.507 e. The zero-order chi connectivity index (χ0) is 12.3. The van der Waals surface area contributed by atoms with Crippen LogP contribution in [0.2, 0.25) is 0 Å². The molecular weight excluding hydrogens is 238 g/mol. The number of phenols is 1. The maximum Gasteiger partial charge on any atom is 0.342 e. The molecule has 0 aliphatic heterocycles. The maximum atomic E-state index is 11.7. The molecule has 0 radical (unpaired) electrons. The Morgan fingerprint density at radius 1 is 1.41 bits per heavy atom. The predicted octanol–water partition coefficient (Wildman–Crippen LogP) is 2.39. The molecule has 0 bridgehead atoms. The van der Waals surface area contributed by atoms with Crippen molar-refractivity contribution in [2.24, 2.45) is 0 Å². The van der Waals surface area contributed by atoms with Crippen LogP contribution in [0.5, 0.6) is 5.75 Å². The number of hydrogen-bond acceptors (Lipinski definition) is 5. The average Bonchev–Trinajstić information content (AvgIpc) is 2.78. The molecule has 0 spiro atoms. The van der Waals surface area contributed by atoms with Gasteiger partial charge in [0.05, 0.1) is 0 Å².